The first kappa shape index (κ1) is 16.1. The van der Waals surface area contributed by atoms with Crippen molar-refractivity contribution < 1.29 is 22.7 Å². The molecule has 1 amide bonds. The number of carbonyl (C=O) groups excluding carboxylic acids is 1. The van der Waals surface area contributed by atoms with Crippen LogP contribution in [-0.4, -0.2) is 62.3 Å². The fourth-order valence-electron chi connectivity index (χ4n) is 2.77. The lowest BCUT2D eigenvalue weighted by Gasteiger charge is -2.34. The van der Waals surface area contributed by atoms with E-state index in [4.69, 9.17) is 9.47 Å². The van der Waals surface area contributed by atoms with Gasteiger partial charge in [0.2, 0.25) is 16.8 Å². The highest BCUT2D eigenvalue weighted by atomic mass is 32.2. The number of hydrogen-bond donors (Lipinski definition) is 0. The van der Waals surface area contributed by atoms with Gasteiger partial charge in [0.05, 0.1) is 5.75 Å². The Bertz CT molecular complexity index is 696. The summed E-state index contributed by atoms with van der Waals surface area (Å²) in [5.74, 6) is 1.25. The molecule has 0 radical (unpaired) electrons. The zero-order chi connectivity index (χ0) is 16.4. The van der Waals surface area contributed by atoms with Crippen molar-refractivity contribution in [3.8, 4) is 11.5 Å². The van der Waals surface area contributed by atoms with Crippen LogP contribution in [0.15, 0.2) is 18.2 Å². The average Bonchev–Trinajstić information content (AvgIpc) is 3.02. The summed E-state index contributed by atoms with van der Waals surface area (Å²) < 4.78 is 36.1. The lowest BCUT2D eigenvalue weighted by atomic mass is 10.1. The van der Waals surface area contributed by atoms with Crippen molar-refractivity contribution >= 4 is 15.9 Å². The normalized spacial score (nSPS) is 18.2. The minimum absolute atomic E-state index is 0.115. The number of carbonyl (C=O) groups is 1. The number of ether oxygens (including phenoxy) is 2. The Morgan fingerprint density at radius 1 is 1.13 bits per heavy atom. The van der Waals surface area contributed by atoms with E-state index in [9.17, 15) is 13.2 Å². The van der Waals surface area contributed by atoms with Gasteiger partial charge in [-0.2, -0.15) is 4.31 Å². The molecule has 7 nitrogen and oxygen atoms in total. The number of amides is 1. The Morgan fingerprint density at radius 2 is 1.83 bits per heavy atom. The number of piperazine rings is 1. The van der Waals surface area contributed by atoms with Gasteiger partial charge in [-0.3, -0.25) is 4.79 Å². The Kier molecular flexibility index (Phi) is 4.45. The monoisotopic (exact) mass is 340 g/mol. The number of rotatable bonds is 4. The van der Waals surface area contributed by atoms with E-state index >= 15 is 0 Å². The summed E-state index contributed by atoms with van der Waals surface area (Å²) in [6.45, 7) is 3.50. The van der Waals surface area contributed by atoms with Gasteiger partial charge in [-0.15, -0.1) is 0 Å². The maximum absolute atomic E-state index is 12.5. The summed E-state index contributed by atoms with van der Waals surface area (Å²) in [4.78, 5) is 14.2. The van der Waals surface area contributed by atoms with Crippen LogP contribution in [0.25, 0.3) is 0 Å². The van der Waals surface area contributed by atoms with E-state index in [1.807, 2.05) is 6.92 Å². The lowest BCUT2D eigenvalue weighted by molar-refractivity contribution is 0.0697. The molecular formula is C15H20N2O5S. The topological polar surface area (TPSA) is 76.2 Å². The van der Waals surface area contributed by atoms with Crippen molar-refractivity contribution in [1.29, 1.82) is 0 Å². The van der Waals surface area contributed by atoms with Crippen LogP contribution in [0.3, 0.4) is 0 Å². The van der Waals surface area contributed by atoms with Crippen molar-refractivity contribution in [2.24, 2.45) is 0 Å². The molecule has 2 aliphatic rings. The van der Waals surface area contributed by atoms with Crippen LogP contribution < -0.4 is 9.47 Å². The third-order valence-electron chi connectivity index (χ3n) is 4.00. The summed E-state index contributed by atoms with van der Waals surface area (Å²) in [6.07, 6.45) is 0.596. The van der Waals surface area contributed by atoms with Crippen LogP contribution in [0.5, 0.6) is 11.5 Å². The van der Waals surface area contributed by atoms with Gasteiger partial charge in [0.1, 0.15) is 0 Å². The predicted molar refractivity (Wildman–Crippen MR) is 84.1 cm³/mol. The molecule has 1 aromatic rings. The Labute approximate surface area is 135 Å². The highest BCUT2D eigenvalue weighted by Crippen LogP contribution is 2.32. The minimum Gasteiger partial charge on any atom is -0.454 e. The van der Waals surface area contributed by atoms with E-state index in [2.05, 4.69) is 0 Å². The van der Waals surface area contributed by atoms with Crippen molar-refractivity contribution in [3.05, 3.63) is 23.8 Å². The first-order chi connectivity index (χ1) is 11.0. The van der Waals surface area contributed by atoms with Gasteiger partial charge in [-0.25, -0.2) is 8.42 Å². The summed E-state index contributed by atoms with van der Waals surface area (Å²) in [5.41, 5.74) is 0.527. The zero-order valence-corrected chi connectivity index (χ0v) is 13.8. The minimum atomic E-state index is -3.20. The van der Waals surface area contributed by atoms with E-state index in [-0.39, 0.29) is 18.5 Å². The standard InChI is InChI=1S/C15H20N2O5S/c1-2-9-23(19,20)17-7-5-16(6-8-17)15(18)12-3-4-13-14(10-12)22-11-21-13/h3-4,10H,2,5-9,11H2,1H3. The second kappa shape index (κ2) is 6.37. The Hall–Kier alpha value is -1.80. The molecule has 3 rings (SSSR count). The molecule has 0 aliphatic carbocycles. The van der Waals surface area contributed by atoms with Crippen molar-refractivity contribution in [2.45, 2.75) is 13.3 Å². The van der Waals surface area contributed by atoms with Gasteiger partial charge in [0.25, 0.3) is 5.91 Å². The second-order valence-electron chi connectivity index (χ2n) is 5.58. The number of sulfonamides is 1. The van der Waals surface area contributed by atoms with Gasteiger partial charge in [0, 0.05) is 31.7 Å². The van der Waals surface area contributed by atoms with Crippen molar-refractivity contribution in [1.82, 2.24) is 9.21 Å². The largest absolute Gasteiger partial charge is 0.454 e. The molecule has 0 saturated carbocycles. The first-order valence-electron chi connectivity index (χ1n) is 7.68. The van der Waals surface area contributed by atoms with Gasteiger partial charge in [0.15, 0.2) is 11.5 Å². The van der Waals surface area contributed by atoms with Crippen LogP contribution in [0, 0.1) is 0 Å². The molecule has 2 heterocycles. The summed E-state index contributed by atoms with van der Waals surface area (Å²) >= 11 is 0. The molecule has 0 spiro atoms. The van der Waals surface area contributed by atoms with Crippen molar-refractivity contribution in [2.75, 3.05) is 38.7 Å². The smallest absolute Gasteiger partial charge is 0.254 e. The maximum Gasteiger partial charge on any atom is 0.254 e. The molecular weight excluding hydrogens is 320 g/mol. The Balaban J connectivity index is 1.65. The molecule has 8 heteroatoms. The fraction of sp³-hybridized carbons (Fsp3) is 0.533. The molecule has 0 unspecified atom stereocenters. The SMILES string of the molecule is CCCS(=O)(=O)N1CCN(C(=O)c2ccc3c(c2)OCO3)CC1. The zero-order valence-electron chi connectivity index (χ0n) is 13.0. The molecule has 0 N–H and O–H groups in total. The van der Waals surface area contributed by atoms with Crippen LogP contribution >= 0.6 is 0 Å². The van der Waals surface area contributed by atoms with Crippen LogP contribution in [-0.2, 0) is 10.0 Å². The number of fused-ring (bicyclic) bond motifs is 1. The lowest BCUT2D eigenvalue weighted by Crippen LogP contribution is -2.51. The molecule has 0 bridgehead atoms. The van der Waals surface area contributed by atoms with Crippen LogP contribution in [0.1, 0.15) is 23.7 Å². The first-order valence-corrected chi connectivity index (χ1v) is 9.29. The number of hydrogen-bond acceptors (Lipinski definition) is 5. The second-order valence-corrected chi connectivity index (χ2v) is 7.66. The van der Waals surface area contributed by atoms with Gasteiger partial charge >= 0.3 is 0 Å². The molecule has 2 aliphatic heterocycles. The van der Waals surface area contributed by atoms with Gasteiger partial charge in [-0.1, -0.05) is 6.92 Å². The average molecular weight is 340 g/mol. The van der Waals surface area contributed by atoms with Crippen LogP contribution in [0.4, 0.5) is 0 Å². The summed E-state index contributed by atoms with van der Waals surface area (Å²) in [5, 5.41) is 0. The molecule has 0 atom stereocenters. The van der Waals surface area contributed by atoms with E-state index in [0.717, 1.165) is 0 Å². The van der Waals surface area contributed by atoms with E-state index in [0.29, 0.717) is 49.7 Å². The molecule has 23 heavy (non-hydrogen) atoms. The van der Waals surface area contributed by atoms with E-state index < -0.39 is 10.0 Å². The molecule has 1 saturated heterocycles. The third-order valence-corrected chi connectivity index (χ3v) is 6.08. The molecule has 126 valence electrons. The molecule has 0 aromatic heterocycles. The number of benzene rings is 1. The highest BCUT2D eigenvalue weighted by molar-refractivity contribution is 7.89. The molecule has 1 fully saturated rings. The quantitative estimate of drug-likeness (QED) is 0.814. The Morgan fingerprint density at radius 3 is 2.52 bits per heavy atom. The third kappa shape index (κ3) is 3.28. The predicted octanol–water partition coefficient (Wildman–Crippen LogP) is 0.913. The van der Waals surface area contributed by atoms with Gasteiger partial charge < -0.3 is 14.4 Å². The molecule has 1 aromatic carbocycles. The van der Waals surface area contributed by atoms with E-state index in [1.54, 1.807) is 23.1 Å². The van der Waals surface area contributed by atoms with E-state index in [1.165, 1.54) is 4.31 Å². The number of nitrogens with zero attached hydrogens (tertiary/aromatic N) is 2. The fourth-order valence-corrected chi connectivity index (χ4v) is 4.26. The maximum atomic E-state index is 12.5. The summed E-state index contributed by atoms with van der Waals surface area (Å²) in [6, 6.07) is 5.10. The summed E-state index contributed by atoms with van der Waals surface area (Å²) in [7, 11) is -3.20. The van der Waals surface area contributed by atoms with Crippen molar-refractivity contribution in [3.63, 3.8) is 0 Å². The highest BCUT2D eigenvalue weighted by Gasteiger charge is 2.29. The van der Waals surface area contributed by atoms with Crippen LogP contribution in [0.2, 0.25) is 0 Å². The van der Waals surface area contributed by atoms with Gasteiger partial charge in [-0.05, 0) is 24.6 Å².